The Labute approximate surface area is 149 Å². The van der Waals surface area contributed by atoms with Crippen LogP contribution in [0.2, 0.25) is 0 Å². The molecule has 0 fully saturated rings. The second kappa shape index (κ2) is 20.7. The SMILES string of the molecule is Cc1ccccn1.Cc1ccccn1.N#C[S-].N#C[S-].[Zn+2]. The Morgan fingerprint density at radius 1 is 0.810 bits per heavy atom. The molecule has 0 aliphatic heterocycles. The minimum absolute atomic E-state index is 0. The van der Waals surface area contributed by atoms with Crippen LogP contribution in [0.4, 0.5) is 0 Å². The van der Waals surface area contributed by atoms with Gasteiger partial charge < -0.3 is 25.3 Å². The number of nitrogens with zero attached hydrogens (tertiary/aromatic N) is 4. The van der Waals surface area contributed by atoms with Crippen LogP contribution >= 0.6 is 0 Å². The first-order valence-corrected chi connectivity index (χ1v) is 6.21. The van der Waals surface area contributed by atoms with Crippen molar-refractivity contribution in [1.82, 2.24) is 9.97 Å². The average molecular weight is 368 g/mol. The zero-order valence-corrected chi connectivity index (χ0v) is 16.5. The molecule has 2 aromatic rings. The maximum atomic E-state index is 7.13. The van der Waals surface area contributed by atoms with Gasteiger partial charge in [0, 0.05) is 23.8 Å². The Hall–Kier alpha value is -1.66. The second-order valence-electron chi connectivity index (χ2n) is 3.12. The number of rotatable bonds is 0. The normalized spacial score (nSPS) is 6.48. The predicted molar refractivity (Wildman–Crippen MR) is 83.9 cm³/mol. The molecule has 104 valence electrons. The van der Waals surface area contributed by atoms with Crippen molar-refractivity contribution in [3.05, 3.63) is 60.2 Å². The second-order valence-corrected chi connectivity index (χ2v) is 3.49. The number of hydrogen-bond acceptors (Lipinski definition) is 6. The van der Waals surface area contributed by atoms with Crippen LogP contribution in [-0.4, -0.2) is 9.97 Å². The van der Waals surface area contributed by atoms with Crippen LogP contribution in [-0.2, 0) is 44.7 Å². The summed E-state index contributed by atoms with van der Waals surface area (Å²) in [5, 5.41) is 16.9. The van der Waals surface area contributed by atoms with Crippen molar-refractivity contribution in [3.8, 4) is 10.8 Å². The van der Waals surface area contributed by atoms with Gasteiger partial charge in [-0.05, 0) is 38.1 Å². The quantitative estimate of drug-likeness (QED) is 0.405. The number of hydrogen-bond donors (Lipinski definition) is 0. The molecule has 0 unspecified atom stereocenters. The molecule has 21 heavy (non-hydrogen) atoms. The molecule has 0 amide bonds. The first kappa shape index (κ1) is 24.4. The third-order valence-corrected chi connectivity index (χ3v) is 1.63. The largest absolute Gasteiger partial charge is 2.00 e. The van der Waals surface area contributed by atoms with Gasteiger partial charge in [-0.15, -0.1) is 0 Å². The summed E-state index contributed by atoms with van der Waals surface area (Å²) in [4.78, 5) is 7.96. The number of nitriles is 2. The third-order valence-electron chi connectivity index (χ3n) is 1.63. The van der Waals surface area contributed by atoms with E-state index < -0.39 is 0 Å². The summed E-state index contributed by atoms with van der Waals surface area (Å²) in [5.74, 6) is 0. The van der Waals surface area contributed by atoms with E-state index in [2.05, 4.69) is 35.2 Å². The molecular weight excluding hydrogens is 354 g/mol. The minimum atomic E-state index is 0. The smallest absolute Gasteiger partial charge is 0.696 e. The summed E-state index contributed by atoms with van der Waals surface area (Å²) in [5.41, 5.74) is 2.14. The van der Waals surface area contributed by atoms with Gasteiger partial charge in [0.2, 0.25) is 0 Å². The summed E-state index contributed by atoms with van der Waals surface area (Å²) >= 11 is 7.40. The molecule has 0 N–H and O–H groups in total. The maximum Gasteiger partial charge on any atom is 2.00 e. The Balaban J connectivity index is -0.000000220. The van der Waals surface area contributed by atoms with Gasteiger partial charge in [-0.25, -0.2) is 10.5 Å². The van der Waals surface area contributed by atoms with E-state index in [1.165, 1.54) is 10.8 Å². The van der Waals surface area contributed by atoms with E-state index in [1.807, 2.05) is 50.2 Å². The molecule has 0 saturated heterocycles. The fourth-order valence-electron chi connectivity index (χ4n) is 0.896. The average Bonchev–Trinajstić information content (AvgIpc) is 2.43. The van der Waals surface area contributed by atoms with Crippen molar-refractivity contribution in [2.75, 3.05) is 0 Å². The fourth-order valence-corrected chi connectivity index (χ4v) is 0.896. The van der Waals surface area contributed by atoms with Crippen molar-refractivity contribution in [1.29, 1.82) is 10.5 Å². The molecule has 0 saturated carbocycles. The van der Waals surface area contributed by atoms with Crippen LogP contribution in [0.1, 0.15) is 11.4 Å². The van der Waals surface area contributed by atoms with E-state index in [-0.39, 0.29) is 19.5 Å². The van der Waals surface area contributed by atoms with E-state index in [4.69, 9.17) is 10.5 Å². The molecule has 2 heterocycles. The fraction of sp³-hybridized carbons (Fsp3) is 0.143. The Kier molecular flexibility index (Phi) is 24.0. The van der Waals surface area contributed by atoms with Crippen LogP contribution in [0, 0.1) is 35.2 Å². The van der Waals surface area contributed by atoms with E-state index in [9.17, 15) is 0 Å². The number of aromatic nitrogens is 2. The number of aryl methyl sites for hydroxylation is 2. The predicted octanol–water partition coefficient (Wildman–Crippen LogP) is 2.81. The van der Waals surface area contributed by atoms with E-state index in [0.717, 1.165) is 11.4 Å². The van der Waals surface area contributed by atoms with Gasteiger partial charge in [0.1, 0.15) is 0 Å². The first-order chi connectivity index (χ1) is 9.62. The van der Waals surface area contributed by atoms with Crippen LogP contribution in [0.25, 0.3) is 0 Å². The van der Waals surface area contributed by atoms with E-state index in [0.29, 0.717) is 0 Å². The van der Waals surface area contributed by atoms with Crippen LogP contribution in [0.3, 0.4) is 0 Å². The monoisotopic (exact) mass is 366 g/mol. The molecule has 2 aromatic heterocycles. The van der Waals surface area contributed by atoms with Gasteiger partial charge in [0.15, 0.2) is 0 Å². The number of thiocyanates is 2. The maximum absolute atomic E-state index is 7.13. The molecule has 0 spiro atoms. The summed E-state index contributed by atoms with van der Waals surface area (Å²) in [7, 11) is 0. The van der Waals surface area contributed by atoms with Crippen molar-refractivity contribution in [2.45, 2.75) is 13.8 Å². The molecule has 7 heteroatoms. The van der Waals surface area contributed by atoms with Crippen LogP contribution < -0.4 is 0 Å². The summed E-state index contributed by atoms with van der Waals surface area (Å²) in [6.07, 6.45) is 3.57. The van der Waals surface area contributed by atoms with Gasteiger partial charge in [-0.2, -0.15) is 0 Å². The van der Waals surface area contributed by atoms with Gasteiger partial charge in [-0.3, -0.25) is 9.97 Å². The molecule has 2 rings (SSSR count). The molecule has 0 atom stereocenters. The number of pyridine rings is 2. The van der Waals surface area contributed by atoms with Crippen LogP contribution in [0.15, 0.2) is 48.8 Å². The van der Waals surface area contributed by atoms with E-state index in [1.54, 1.807) is 12.4 Å². The molecule has 0 aliphatic carbocycles. The Morgan fingerprint density at radius 3 is 1.19 bits per heavy atom. The van der Waals surface area contributed by atoms with Crippen molar-refractivity contribution >= 4 is 25.3 Å². The molecule has 4 nitrogen and oxygen atoms in total. The molecule has 0 aliphatic rings. The molecule has 0 bridgehead atoms. The topological polar surface area (TPSA) is 73.4 Å². The third kappa shape index (κ3) is 23.8. The molecule has 0 radical (unpaired) electrons. The first-order valence-electron chi connectivity index (χ1n) is 5.40. The van der Waals surface area contributed by atoms with Gasteiger partial charge in [0.05, 0.1) is 0 Å². The van der Waals surface area contributed by atoms with Crippen molar-refractivity contribution < 1.29 is 19.5 Å². The zero-order chi connectivity index (χ0) is 15.6. The molecule has 0 aromatic carbocycles. The van der Waals surface area contributed by atoms with Gasteiger partial charge >= 0.3 is 19.5 Å². The van der Waals surface area contributed by atoms with Crippen LogP contribution in [0.5, 0.6) is 0 Å². The van der Waals surface area contributed by atoms with Crippen molar-refractivity contribution in [3.63, 3.8) is 0 Å². The summed E-state index contributed by atoms with van der Waals surface area (Å²) < 4.78 is 0. The Bertz CT molecular complexity index is 460. The van der Waals surface area contributed by atoms with Crippen molar-refractivity contribution in [2.24, 2.45) is 0 Å². The standard InChI is InChI=1S/2C6H7N.2CHNS.Zn/c2*1-6-4-2-3-5-7-6;2*2-1-3;/h2*2-5H,1H3;2*3H;/q;;;;+2/p-2. The summed E-state index contributed by atoms with van der Waals surface area (Å²) in [6, 6.07) is 11.7. The minimum Gasteiger partial charge on any atom is -0.696 e. The Morgan fingerprint density at radius 2 is 1.10 bits per heavy atom. The van der Waals surface area contributed by atoms with Gasteiger partial charge in [0.25, 0.3) is 0 Å². The zero-order valence-electron chi connectivity index (χ0n) is 11.9. The van der Waals surface area contributed by atoms with E-state index >= 15 is 0 Å². The summed E-state index contributed by atoms with van der Waals surface area (Å²) in [6.45, 7) is 3.94. The van der Waals surface area contributed by atoms with Gasteiger partial charge in [-0.1, -0.05) is 22.9 Å². The molecular formula is C14H14N4S2Zn.